The Hall–Kier alpha value is 0.128. The molecule has 0 unspecified atom stereocenters. The Morgan fingerprint density at radius 2 is 1.12 bits per heavy atom. The topological polar surface area (TPSA) is 141 Å². The largest absolute Gasteiger partial charge is 4.00 e. The summed E-state index contributed by atoms with van der Waals surface area (Å²) >= 11 is 0. The normalized spacial score (nSPS) is 5.76. The molecule has 0 aliphatic rings. The number of aliphatic carboxylic acids is 2. The first kappa shape index (κ1) is 43.4. The van der Waals surface area contributed by atoms with Crippen molar-refractivity contribution < 1.29 is 65.7 Å². The average molecular weight is 474 g/mol. The standard InChI is InChI=1S/C4H11N.2C2H4O2.2ClH.H3N.Pt/c1-4(2)3-5;2*1-2(3)4;;;;/h4H,3,5H2,1-2H3;2*1H3,(H,3,4);2*1H;1H3;/q;;;;;;+4/p-4. The molecule has 0 rings (SSSR count). The van der Waals surface area contributed by atoms with Crippen LogP contribution in [0.5, 0.6) is 0 Å². The molecule has 0 saturated heterocycles. The summed E-state index contributed by atoms with van der Waals surface area (Å²) < 4.78 is 0. The van der Waals surface area contributed by atoms with Gasteiger partial charge in [-0.15, -0.1) is 0 Å². The molecule has 0 radical (unpaired) electrons. The van der Waals surface area contributed by atoms with Crippen LogP contribution in [0.4, 0.5) is 0 Å². The van der Waals surface area contributed by atoms with Gasteiger partial charge in [-0.2, -0.15) is 0 Å². The molecule has 17 heavy (non-hydrogen) atoms. The Balaban J connectivity index is -0.0000000159. The Bertz CT molecular complexity index is 131. The minimum atomic E-state index is -1.08. The molecule has 110 valence electrons. The van der Waals surface area contributed by atoms with E-state index in [0.717, 1.165) is 20.4 Å². The molecular formula is C8H20Cl2N2O4Pt. The van der Waals surface area contributed by atoms with E-state index in [1.165, 1.54) is 0 Å². The molecule has 5 N–H and O–H groups in total. The van der Waals surface area contributed by atoms with Crippen molar-refractivity contribution in [2.75, 3.05) is 6.54 Å². The third kappa shape index (κ3) is 711. The Labute approximate surface area is 129 Å². The number of nitrogens with two attached hydrogens (primary N) is 1. The van der Waals surface area contributed by atoms with Gasteiger partial charge in [0.2, 0.25) is 0 Å². The van der Waals surface area contributed by atoms with Gasteiger partial charge in [0.05, 0.1) is 0 Å². The fraction of sp³-hybridized carbons (Fsp3) is 0.750. The maximum atomic E-state index is 8.89. The number of hydrogen-bond donors (Lipinski definition) is 2. The summed E-state index contributed by atoms with van der Waals surface area (Å²) in [6, 6.07) is 0. The van der Waals surface area contributed by atoms with Crippen LogP contribution in [0.15, 0.2) is 0 Å². The van der Waals surface area contributed by atoms with Gasteiger partial charge >= 0.3 is 21.1 Å². The molecule has 0 aromatic carbocycles. The first-order valence-corrected chi connectivity index (χ1v) is 3.79. The second-order valence-electron chi connectivity index (χ2n) is 2.61. The summed E-state index contributed by atoms with van der Waals surface area (Å²) in [7, 11) is 0. The second kappa shape index (κ2) is 36.0. The van der Waals surface area contributed by atoms with E-state index in [2.05, 4.69) is 13.8 Å². The van der Waals surface area contributed by atoms with Crippen LogP contribution >= 0.6 is 0 Å². The van der Waals surface area contributed by atoms with Crippen LogP contribution in [0, 0.1) is 5.92 Å². The zero-order chi connectivity index (χ0) is 11.4. The number of carboxylic acid groups (broad SMARTS) is 2. The van der Waals surface area contributed by atoms with Crippen LogP contribution < -0.4 is 46.9 Å². The molecule has 0 aromatic heterocycles. The minimum absolute atomic E-state index is 0. The molecule has 0 fully saturated rings. The SMILES string of the molecule is CC(=O)[O-].CC(=O)[O-].CC(C)CN.N.[Cl-].[Cl-].[Pt+4]. The van der Waals surface area contributed by atoms with Crippen LogP contribution in [-0.2, 0) is 30.7 Å². The maximum Gasteiger partial charge on any atom is 4.00 e. The third-order valence-electron chi connectivity index (χ3n) is 0.471. The van der Waals surface area contributed by atoms with Crippen molar-refractivity contribution in [1.29, 1.82) is 0 Å². The number of rotatable bonds is 1. The van der Waals surface area contributed by atoms with Crippen molar-refractivity contribution in [3.63, 3.8) is 0 Å². The summed E-state index contributed by atoms with van der Waals surface area (Å²) in [5.74, 6) is -1.50. The molecule has 0 saturated carbocycles. The first-order chi connectivity index (χ1) is 5.73. The molecule has 0 aliphatic heterocycles. The molecule has 0 heterocycles. The van der Waals surface area contributed by atoms with E-state index in [-0.39, 0.29) is 52.0 Å². The van der Waals surface area contributed by atoms with E-state index in [1.54, 1.807) is 0 Å². The first-order valence-electron chi connectivity index (χ1n) is 3.79. The molecular weight excluding hydrogens is 454 g/mol. The Kier molecular flexibility index (Phi) is 91.9. The van der Waals surface area contributed by atoms with Crippen molar-refractivity contribution >= 4 is 11.9 Å². The zero-order valence-electron chi connectivity index (χ0n) is 10.3. The van der Waals surface area contributed by atoms with Gasteiger partial charge in [-0.3, -0.25) is 0 Å². The molecule has 0 bridgehead atoms. The molecule has 0 amide bonds. The van der Waals surface area contributed by atoms with Gasteiger partial charge in [0, 0.05) is 11.9 Å². The van der Waals surface area contributed by atoms with Crippen LogP contribution in [-0.4, -0.2) is 18.5 Å². The Morgan fingerprint density at radius 1 is 1.06 bits per heavy atom. The molecule has 6 nitrogen and oxygen atoms in total. The average Bonchev–Trinajstić information content (AvgIpc) is 1.84. The monoisotopic (exact) mass is 473 g/mol. The minimum Gasteiger partial charge on any atom is -1.00 e. The fourth-order valence-electron chi connectivity index (χ4n) is 0. The van der Waals surface area contributed by atoms with E-state index in [4.69, 9.17) is 25.5 Å². The predicted molar refractivity (Wildman–Crippen MR) is 50.3 cm³/mol. The van der Waals surface area contributed by atoms with E-state index < -0.39 is 11.9 Å². The maximum absolute atomic E-state index is 8.89. The summed E-state index contributed by atoms with van der Waals surface area (Å²) in [4.78, 5) is 17.8. The van der Waals surface area contributed by atoms with Gasteiger partial charge in [-0.05, 0) is 26.3 Å². The van der Waals surface area contributed by atoms with Crippen LogP contribution in [0.1, 0.15) is 27.7 Å². The van der Waals surface area contributed by atoms with Crippen molar-refractivity contribution in [1.82, 2.24) is 6.15 Å². The van der Waals surface area contributed by atoms with E-state index in [1.807, 2.05) is 0 Å². The number of carboxylic acids is 2. The van der Waals surface area contributed by atoms with Crippen molar-refractivity contribution in [3.8, 4) is 0 Å². The van der Waals surface area contributed by atoms with Gasteiger partial charge in [0.15, 0.2) is 0 Å². The zero-order valence-corrected chi connectivity index (χ0v) is 14.1. The molecule has 9 heteroatoms. The van der Waals surface area contributed by atoms with Gasteiger partial charge < -0.3 is 56.5 Å². The number of carbonyl (C=O) groups excluding carboxylic acids is 2. The van der Waals surface area contributed by atoms with E-state index in [9.17, 15) is 0 Å². The van der Waals surface area contributed by atoms with Crippen molar-refractivity contribution in [2.45, 2.75) is 27.7 Å². The molecule has 0 aromatic rings. The third-order valence-corrected chi connectivity index (χ3v) is 0.471. The van der Waals surface area contributed by atoms with Gasteiger partial charge in [0.25, 0.3) is 0 Å². The second-order valence-corrected chi connectivity index (χ2v) is 2.61. The van der Waals surface area contributed by atoms with Crippen LogP contribution in [0.25, 0.3) is 0 Å². The molecule has 0 atom stereocenters. The fourth-order valence-corrected chi connectivity index (χ4v) is 0. The smallest absolute Gasteiger partial charge is 1.00 e. The number of hydrogen-bond acceptors (Lipinski definition) is 6. The number of carbonyl (C=O) groups is 2. The Morgan fingerprint density at radius 3 is 1.12 bits per heavy atom. The summed E-state index contributed by atoms with van der Waals surface area (Å²) in [5.41, 5.74) is 5.17. The van der Waals surface area contributed by atoms with Gasteiger partial charge in [0.1, 0.15) is 0 Å². The van der Waals surface area contributed by atoms with E-state index >= 15 is 0 Å². The van der Waals surface area contributed by atoms with Gasteiger partial charge in [-0.25, -0.2) is 0 Å². The predicted octanol–water partition coefficient (Wildman–Crippen LogP) is -7.72. The van der Waals surface area contributed by atoms with Crippen molar-refractivity contribution in [3.05, 3.63) is 0 Å². The molecule has 0 aliphatic carbocycles. The summed E-state index contributed by atoms with van der Waals surface area (Å²) in [6.45, 7) is 6.94. The summed E-state index contributed by atoms with van der Waals surface area (Å²) in [6.07, 6.45) is 0. The molecule has 0 spiro atoms. The van der Waals surface area contributed by atoms with Gasteiger partial charge in [-0.1, -0.05) is 13.8 Å². The number of halogens is 2. The summed E-state index contributed by atoms with van der Waals surface area (Å²) in [5, 5.41) is 17.8. The van der Waals surface area contributed by atoms with E-state index in [0.29, 0.717) is 5.92 Å². The van der Waals surface area contributed by atoms with Crippen LogP contribution in [0.3, 0.4) is 0 Å². The van der Waals surface area contributed by atoms with Crippen molar-refractivity contribution in [2.24, 2.45) is 11.7 Å². The van der Waals surface area contributed by atoms with Crippen LogP contribution in [0.2, 0.25) is 0 Å². The quantitative estimate of drug-likeness (QED) is 0.387.